The Morgan fingerprint density at radius 3 is 3.00 bits per heavy atom. The third kappa shape index (κ3) is 1.63. The smallest absolute Gasteiger partial charge is 0.180 e. The fourth-order valence-electron chi connectivity index (χ4n) is 3.56. The number of H-pyrrole nitrogens is 1. The van der Waals surface area contributed by atoms with Crippen LogP contribution >= 0.6 is 0 Å². The summed E-state index contributed by atoms with van der Waals surface area (Å²) in [5.74, 6) is 2.48. The molecule has 92 valence electrons. The molecule has 1 aromatic rings. The van der Waals surface area contributed by atoms with E-state index in [9.17, 15) is 4.79 Å². The Labute approximate surface area is 102 Å². The van der Waals surface area contributed by atoms with Gasteiger partial charge in [0.1, 0.15) is 5.69 Å². The number of nitrogens with one attached hydrogen (secondary N) is 1. The van der Waals surface area contributed by atoms with E-state index in [1.807, 2.05) is 0 Å². The molecule has 3 rings (SSSR count). The Morgan fingerprint density at radius 2 is 2.29 bits per heavy atom. The van der Waals surface area contributed by atoms with E-state index in [2.05, 4.69) is 17.1 Å². The molecular formula is C14H20N2O. The molecule has 0 aromatic carbocycles. The zero-order valence-electron chi connectivity index (χ0n) is 10.6. The highest BCUT2D eigenvalue weighted by Crippen LogP contribution is 2.63. The topological polar surface area (TPSA) is 45.8 Å². The normalized spacial score (nSPS) is 28.9. The second-order valence-corrected chi connectivity index (χ2v) is 5.57. The molecule has 1 N–H and O–H groups in total. The summed E-state index contributed by atoms with van der Waals surface area (Å²) in [5, 5.41) is 7.28. The first-order valence-corrected chi connectivity index (χ1v) is 6.82. The van der Waals surface area contributed by atoms with Gasteiger partial charge in [0, 0.05) is 24.1 Å². The number of unbranched alkanes of at least 4 members (excludes halogenated alkanes) is 2. The highest BCUT2D eigenvalue weighted by Gasteiger charge is 2.56. The fourth-order valence-corrected chi connectivity index (χ4v) is 3.56. The highest BCUT2D eigenvalue weighted by molar-refractivity contribution is 5.94. The number of aromatic nitrogens is 2. The van der Waals surface area contributed by atoms with E-state index in [1.165, 1.54) is 36.9 Å². The van der Waals surface area contributed by atoms with Gasteiger partial charge in [0.25, 0.3) is 0 Å². The minimum atomic E-state index is 0.103. The summed E-state index contributed by atoms with van der Waals surface area (Å²) >= 11 is 0. The number of rotatable bonds is 5. The molecule has 17 heavy (non-hydrogen) atoms. The van der Waals surface area contributed by atoms with Crippen LogP contribution in [0, 0.1) is 11.8 Å². The summed E-state index contributed by atoms with van der Waals surface area (Å²) in [5.41, 5.74) is 3.19. The van der Waals surface area contributed by atoms with Gasteiger partial charge in [-0.1, -0.05) is 26.2 Å². The van der Waals surface area contributed by atoms with Crippen LogP contribution in [-0.2, 0) is 6.42 Å². The molecule has 3 atom stereocenters. The first-order valence-electron chi connectivity index (χ1n) is 6.82. The molecule has 0 aliphatic heterocycles. The van der Waals surface area contributed by atoms with Gasteiger partial charge in [-0.25, -0.2) is 0 Å². The predicted octanol–water partition coefficient (Wildman–Crippen LogP) is 3.08. The van der Waals surface area contributed by atoms with E-state index in [4.69, 9.17) is 0 Å². The van der Waals surface area contributed by atoms with E-state index < -0.39 is 0 Å². The van der Waals surface area contributed by atoms with Crippen molar-refractivity contribution in [3.63, 3.8) is 0 Å². The SMILES string of the molecule is CCCCC[C@@H]1[C@@H]2Cc3c(C(C)=O)n[nH]c3[C@H]12. The van der Waals surface area contributed by atoms with Crippen molar-refractivity contribution in [2.75, 3.05) is 0 Å². The number of aromatic amines is 1. The van der Waals surface area contributed by atoms with Gasteiger partial charge in [-0.2, -0.15) is 5.10 Å². The van der Waals surface area contributed by atoms with Crippen molar-refractivity contribution < 1.29 is 4.79 Å². The molecule has 0 bridgehead atoms. The number of hydrogen-bond acceptors (Lipinski definition) is 2. The molecule has 0 radical (unpaired) electrons. The summed E-state index contributed by atoms with van der Waals surface area (Å²) in [6, 6.07) is 0. The molecule has 0 saturated heterocycles. The van der Waals surface area contributed by atoms with Gasteiger partial charge in [0.05, 0.1) is 0 Å². The minimum absolute atomic E-state index is 0.103. The number of hydrogen-bond donors (Lipinski definition) is 1. The summed E-state index contributed by atoms with van der Waals surface area (Å²) in [6.45, 7) is 3.86. The quantitative estimate of drug-likeness (QED) is 0.626. The zero-order valence-corrected chi connectivity index (χ0v) is 10.6. The fraction of sp³-hybridized carbons (Fsp3) is 0.714. The first kappa shape index (κ1) is 11.0. The van der Waals surface area contributed by atoms with Crippen molar-refractivity contribution >= 4 is 5.78 Å². The number of nitrogens with zero attached hydrogens (tertiary/aromatic N) is 1. The number of Topliss-reactive ketones (excluding diaryl/α,β-unsaturated/α-hetero) is 1. The van der Waals surface area contributed by atoms with E-state index in [0.29, 0.717) is 11.6 Å². The van der Waals surface area contributed by atoms with Crippen LogP contribution in [0.15, 0.2) is 0 Å². The van der Waals surface area contributed by atoms with Crippen LogP contribution in [0.25, 0.3) is 0 Å². The van der Waals surface area contributed by atoms with E-state index in [-0.39, 0.29) is 5.78 Å². The van der Waals surface area contributed by atoms with Gasteiger partial charge < -0.3 is 0 Å². The van der Waals surface area contributed by atoms with Crippen LogP contribution in [0.5, 0.6) is 0 Å². The maximum absolute atomic E-state index is 11.4. The molecule has 3 heteroatoms. The van der Waals surface area contributed by atoms with Gasteiger partial charge in [-0.05, 0) is 24.7 Å². The number of ketones is 1. The third-order valence-corrected chi connectivity index (χ3v) is 4.48. The molecule has 2 aliphatic rings. The molecule has 1 saturated carbocycles. The number of carbonyl (C=O) groups is 1. The van der Waals surface area contributed by atoms with Crippen molar-refractivity contribution in [2.45, 2.75) is 51.9 Å². The van der Waals surface area contributed by atoms with Crippen LogP contribution in [0.4, 0.5) is 0 Å². The Morgan fingerprint density at radius 1 is 1.47 bits per heavy atom. The molecular weight excluding hydrogens is 212 g/mol. The van der Waals surface area contributed by atoms with Crippen molar-refractivity contribution in [3.8, 4) is 0 Å². The summed E-state index contributed by atoms with van der Waals surface area (Å²) in [4.78, 5) is 11.4. The monoisotopic (exact) mass is 232 g/mol. The Kier molecular flexibility index (Phi) is 2.57. The molecule has 2 aliphatic carbocycles. The van der Waals surface area contributed by atoms with Crippen LogP contribution in [0.2, 0.25) is 0 Å². The van der Waals surface area contributed by atoms with Crippen LogP contribution in [0.1, 0.15) is 67.2 Å². The summed E-state index contributed by atoms with van der Waals surface area (Å²) < 4.78 is 0. The van der Waals surface area contributed by atoms with Gasteiger partial charge >= 0.3 is 0 Å². The summed E-state index contributed by atoms with van der Waals surface area (Å²) in [6.07, 6.45) is 6.45. The summed E-state index contributed by atoms with van der Waals surface area (Å²) in [7, 11) is 0. The largest absolute Gasteiger partial charge is 0.293 e. The lowest BCUT2D eigenvalue weighted by molar-refractivity contribution is 0.101. The van der Waals surface area contributed by atoms with Crippen LogP contribution < -0.4 is 0 Å². The van der Waals surface area contributed by atoms with E-state index >= 15 is 0 Å². The molecule has 0 spiro atoms. The standard InChI is InChI=1S/C14H20N2O/c1-3-4-5-6-9-10-7-11-13(8(2)17)15-16-14(11)12(9)10/h9-10,12H,3-7H2,1-2H3,(H,15,16)/t9-,10+,12-/m1/s1. The molecule has 0 amide bonds. The maximum atomic E-state index is 11.4. The predicted molar refractivity (Wildman–Crippen MR) is 66.2 cm³/mol. The average molecular weight is 232 g/mol. The lowest BCUT2D eigenvalue weighted by Crippen LogP contribution is -2.00. The first-order chi connectivity index (χ1) is 8.24. The Balaban J connectivity index is 1.68. The van der Waals surface area contributed by atoms with Gasteiger partial charge in [0.15, 0.2) is 5.78 Å². The Bertz CT molecular complexity index is 449. The molecule has 3 nitrogen and oxygen atoms in total. The van der Waals surface area contributed by atoms with Crippen LogP contribution in [-0.4, -0.2) is 16.0 Å². The van der Waals surface area contributed by atoms with E-state index in [0.717, 1.165) is 18.3 Å². The highest BCUT2D eigenvalue weighted by atomic mass is 16.1. The zero-order chi connectivity index (χ0) is 12.0. The lowest BCUT2D eigenvalue weighted by atomic mass is 10.0. The third-order valence-electron chi connectivity index (χ3n) is 4.48. The Hall–Kier alpha value is -1.12. The second kappa shape index (κ2) is 3.97. The lowest BCUT2D eigenvalue weighted by Gasteiger charge is -2.03. The van der Waals surface area contributed by atoms with Crippen molar-refractivity contribution in [1.82, 2.24) is 10.2 Å². The van der Waals surface area contributed by atoms with E-state index in [1.54, 1.807) is 6.92 Å². The van der Waals surface area contributed by atoms with Crippen molar-refractivity contribution in [2.24, 2.45) is 11.8 Å². The van der Waals surface area contributed by atoms with Gasteiger partial charge in [-0.15, -0.1) is 0 Å². The minimum Gasteiger partial charge on any atom is -0.293 e. The molecule has 0 unspecified atom stereocenters. The molecule has 1 heterocycles. The van der Waals surface area contributed by atoms with Crippen molar-refractivity contribution in [1.29, 1.82) is 0 Å². The second-order valence-electron chi connectivity index (χ2n) is 5.57. The average Bonchev–Trinajstić information content (AvgIpc) is 2.68. The number of carbonyl (C=O) groups excluding carboxylic acids is 1. The molecule has 1 aromatic heterocycles. The number of fused-ring (bicyclic) bond motifs is 3. The van der Waals surface area contributed by atoms with Gasteiger partial charge in [0.2, 0.25) is 0 Å². The van der Waals surface area contributed by atoms with Crippen molar-refractivity contribution in [3.05, 3.63) is 17.0 Å². The maximum Gasteiger partial charge on any atom is 0.180 e. The van der Waals surface area contributed by atoms with Crippen LogP contribution in [0.3, 0.4) is 0 Å². The molecule has 1 fully saturated rings. The van der Waals surface area contributed by atoms with Gasteiger partial charge in [-0.3, -0.25) is 9.89 Å².